The lowest BCUT2D eigenvalue weighted by atomic mass is 10.1. The lowest BCUT2D eigenvalue weighted by molar-refractivity contribution is 0.0691. The minimum Gasteiger partial charge on any atom is -0.476 e. The van der Waals surface area contributed by atoms with Gasteiger partial charge in [0, 0.05) is 11.8 Å². The maximum absolute atomic E-state index is 14.0. The molecule has 0 bridgehead atoms. The van der Waals surface area contributed by atoms with Gasteiger partial charge in [0.1, 0.15) is 11.6 Å². The number of halogens is 1. The van der Waals surface area contributed by atoms with Crippen molar-refractivity contribution in [3.05, 3.63) is 71.8 Å². The molecule has 0 radical (unpaired) electrons. The van der Waals surface area contributed by atoms with Crippen LogP contribution in [0, 0.1) is 12.7 Å². The van der Waals surface area contributed by atoms with Crippen molar-refractivity contribution < 1.29 is 14.3 Å². The van der Waals surface area contributed by atoms with E-state index in [-0.39, 0.29) is 11.4 Å². The van der Waals surface area contributed by atoms with E-state index in [0.29, 0.717) is 5.82 Å². The van der Waals surface area contributed by atoms with E-state index in [2.05, 4.69) is 4.98 Å². The van der Waals surface area contributed by atoms with E-state index in [4.69, 9.17) is 5.11 Å². The van der Waals surface area contributed by atoms with E-state index < -0.39 is 11.8 Å². The molecular formula is C17H13FN2O2. The minimum atomic E-state index is -1.15. The zero-order valence-corrected chi connectivity index (χ0v) is 11.8. The molecule has 2 aromatic carbocycles. The lowest BCUT2D eigenvalue weighted by Gasteiger charge is -2.09. The summed E-state index contributed by atoms with van der Waals surface area (Å²) in [5.74, 6) is -1.20. The molecule has 0 atom stereocenters. The molecular weight excluding hydrogens is 283 g/mol. The molecule has 4 nitrogen and oxygen atoms in total. The van der Waals surface area contributed by atoms with Crippen molar-refractivity contribution in [2.45, 2.75) is 6.92 Å². The van der Waals surface area contributed by atoms with Crippen LogP contribution < -0.4 is 0 Å². The molecule has 0 saturated carbocycles. The van der Waals surface area contributed by atoms with Gasteiger partial charge >= 0.3 is 5.97 Å². The number of carbonyl (C=O) groups is 1. The lowest BCUT2D eigenvalue weighted by Crippen LogP contribution is -1.99. The summed E-state index contributed by atoms with van der Waals surface area (Å²) < 4.78 is 15.5. The fraction of sp³-hybridized carbons (Fsp3) is 0.0588. The summed E-state index contributed by atoms with van der Waals surface area (Å²) in [7, 11) is 0. The Morgan fingerprint density at radius 3 is 2.45 bits per heavy atom. The van der Waals surface area contributed by atoms with E-state index >= 15 is 0 Å². The average Bonchev–Trinajstić information content (AvgIpc) is 2.94. The molecule has 1 aromatic heterocycles. The Kier molecular flexibility index (Phi) is 3.47. The Morgan fingerprint density at radius 2 is 1.82 bits per heavy atom. The van der Waals surface area contributed by atoms with E-state index in [1.165, 1.54) is 16.8 Å². The summed E-state index contributed by atoms with van der Waals surface area (Å²) in [6.07, 6.45) is 1.33. The highest BCUT2D eigenvalue weighted by Crippen LogP contribution is 2.25. The molecule has 0 aliphatic heterocycles. The van der Waals surface area contributed by atoms with Crippen LogP contribution in [0.3, 0.4) is 0 Å². The van der Waals surface area contributed by atoms with Crippen molar-refractivity contribution >= 4 is 5.97 Å². The van der Waals surface area contributed by atoms with E-state index in [1.807, 2.05) is 31.2 Å². The number of aryl methyl sites for hydroxylation is 1. The standard InChI is InChI=1S/C17H13FN2O2/c1-11-6-8-12(9-7-11)16-19-14(17(21)22)10-20(16)15-5-3-2-4-13(15)18/h2-10H,1H3,(H,21,22). The first-order valence-corrected chi connectivity index (χ1v) is 6.71. The first-order valence-electron chi connectivity index (χ1n) is 6.71. The average molecular weight is 296 g/mol. The number of imidazole rings is 1. The first kappa shape index (κ1) is 14.0. The van der Waals surface area contributed by atoms with Gasteiger partial charge in [0.25, 0.3) is 0 Å². The third-order valence-electron chi connectivity index (χ3n) is 3.35. The number of para-hydroxylation sites is 1. The molecule has 0 fully saturated rings. The van der Waals surface area contributed by atoms with Gasteiger partial charge in [-0.3, -0.25) is 4.57 Å². The zero-order valence-electron chi connectivity index (χ0n) is 11.8. The summed E-state index contributed by atoms with van der Waals surface area (Å²) in [5, 5.41) is 9.16. The topological polar surface area (TPSA) is 55.1 Å². The van der Waals surface area contributed by atoms with Crippen LogP contribution in [0.15, 0.2) is 54.7 Å². The monoisotopic (exact) mass is 296 g/mol. The van der Waals surface area contributed by atoms with Crippen molar-refractivity contribution in [2.24, 2.45) is 0 Å². The summed E-state index contributed by atoms with van der Waals surface area (Å²) in [6.45, 7) is 1.95. The first-order chi connectivity index (χ1) is 10.6. The van der Waals surface area contributed by atoms with Gasteiger partial charge in [-0.15, -0.1) is 0 Å². The van der Waals surface area contributed by atoms with Gasteiger partial charge in [-0.2, -0.15) is 0 Å². The largest absolute Gasteiger partial charge is 0.476 e. The molecule has 3 aromatic rings. The van der Waals surface area contributed by atoms with Gasteiger partial charge in [-0.1, -0.05) is 42.0 Å². The van der Waals surface area contributed by atoms with Gasteiger partial charge < -0.3 is 5.11 Å². The number of benzene rings is 2. The van der Waals surface area contributed by atoms with E-state index in [1.54, 1.807) is 18.2 Å². The van der Waals surface area contributed by atoms with Crippen LogP contribution in [0.2, 0.25) is 0 Å². The molecule has 110 valence electrons. The summed E-state index contributed by atoms with van der Waals surface area (Å²) in [6, 6.07) is 13.7. The zero-order chi connectivity index (χ0) is 15.7. The van der Waals surface area contributed by atoms with Crippen LogP contribution in [0.5, 0.6) is 0 Å². The molecule has 22 heavy (non-hydrogen) atoms. The maximum atomic E-state index is 14.0. The number of rotatable bonds is 3. The van der Waals surface area contributed by atoms with Crippen molar-refractivity contribution in [3.63, 3.8) is 0 Å². The molecule has 1 N–H and O–H groups in total. The smallest absolute Gasteiger partial charge is 0.356 e. The summed E-state index contributed by atoms with van der Waals surface area (Å²) in [5.41, 5.74) is 1.93. The number of carboxylic acids is 1. The Morgan fingerprint density at radius 1 is 1.14 bits per heavy atom. The van der Waals surface area contributed by atoms with Crippen LogP contribution in [0.1, 0.15) is 16.1 Å². The minimum absolute atomic E-state index is 0.126. The normalized spacial score (nSPS) is 10.6. The quantitative estimate of drug-likeness (QED) is 0.802. The summed E-state index contributed by atoms with van der Waals surface area (Å²) >= 11 is 0. The molecule has 0 spiro atoms. The summed E-state index contributed by atoms with van der Waals surface area (Å²) in [4.78, 5) is 15.3. The van der Waals surface area contributed by atoms with Crippen molar-refractivity contribution in [2.75, 3.05) is 0 Å². The molecule has 0 amide bonds. The van der Waals surface area contributed by atoms with Crippen LogP contribution in [0.4, 0.5) is 4.39 Å². The SMILES string of the molecule is Cc1ccc(-c2nc(C(=O)O)cn2-c2ccccc2F)cc1. The highest BCUT2D eigenvalue weighted by atomic mass is 19.1. The number of aromatic nitrogens is 2. The fourth-order valence-corrected chi connectivity index (χ4v) is 2.22. The Balaban J connectivity index is 2.23. The van der Waals surface area contributed by atoms with Crippen LogP contribution in [0.25, 0.3) is 17.1 Å². The van der Waals surface area contributed by atoms with Crippen molar-refractivity contribution in [1.29, 1.82) is 0 Å². The number of nitrogens with zero attached hydrogens (tertiary/aromatic N) is 2. The predicted octanol–water partition coefficient (Wildman–Crippen LogP) is 3.69. The maximum Gasteiger partial charge on any atom is 0.356 e. The number of hydrogen-bond acceptors (Lipinski definition) is 2. The Bertz CT molecular complexity index is 838. The van der Waals surface area contributed by atoms with Gasteiger partial charge in [0.05, 0.1) is 5.69 Å². The molecule has 0 unspecified atom stereocenters. The second kappa shape index (κ2) is 5.44. The molecule has 0 aliphatic rings. The molecule has 5 heteroatoms. The molecule has 1 heterocycles. The fourth-order valence-electron chi connectivity index (χ4n) is 2.22. The van der Waals surface area contributed by atoms with E-state index in [0.717, 1.165) is 11.1 Å². The third-order valence-corrected chi connectivity index (χ3v) is 3.35. The third kappa shape index (κ3) is 2.48. The second-order valence-corrected chi connectivity index (χ2v) is 4.94. The van der Waals surface area contributed by atoms with Gasteiger partial charge in [0.15, 0.2) is 5.69 Å². The number of aromatic carboxylic acids is 1. The van der Waals surface area contributed by atoms with E-state index in [9.17, 15) is 9.18 Å². The molecule has 0 saturated heterocycles. The molecule has 3 rings (SSSR count). The van der Waals surface area contributed by atoms with Gasteiger partial charge in [0.2, 0.25) is 0 Å². The van der Waals surface area contributed by atoms with Gasteiger partial charge in [-0.25, -0.2) is 14.2 Å². The Hall–Kier alpha value is -2.95. The van der Waals surface area contributed by atoms with Gasteiger partial charge in [-0.05, 0) is 19.1 Å². The highest BCUT2D eigenvalue weighted by Gasteiger charge is 2.17. The van der Waals surface area contributed by atoms with Crippen molar-refractivity contribution in [1.82, 2.24) is 9.55 Å². The molecule has 0 aliphatic carbocycles. The van der Waals surface area contributed by atoms with Crippen LogP contribution >= 0.6 is 0 Å². The Labute approximate surface area is 126 Å². The predicted molar refractivity (Wildman–Crippen MR) is 80.7 cm³/mol. The van der Waals surface area contributed by atoms with Crippen molar-refractivity contribution in [3.8, 4) is 17.1 Å². The highest BCUT2D eigenvalue weighted by molar-refractivity contribution is 5.86. The number of hydrogen-bond donors (Lipinski definition) is 1. The second-order valence-electron chi connectivity index (χ2n) is 4.94. The van der Waals surface area contributed by atoms with Crippen LogP contribution in [-0.4, -0.2) is 20.6 Å². The number of carboxylic acid groups (broad SMARTS) is 1. The van der Waals surface area contributed by atoms with Crippen LogP contribution in [-0.2, 0) is 0 Å².